The number of quaternary nitrogens is 1. The standard InChI is InChI=1S/C17H19N5O2S/c1-12-10-16(24)22-17(18-12)25-15(19-22)11-20-6-8-21(9-7-20)13-4-2-3-5-14(13)23/h2-5,10,23H,6-9,11H2,1H3/p+1. The third kappa shape index (κ3) is 3.22. The van der Waals surface area contributed by atoms with Crippen LogP contribution < -0.4 is 15.4 Å². The summed E-state index contributed by atoms with van der Waals surface area (Å²) in [4.78, 5) is 20.7. The average Bonchev–Trinajstić information content (AvgIpc) is 2.99. The number of phenols is 1. The average molecular weight is 358 g/mol. The molecule has 0 bridgehead atoms. The molecule has 1 saturated heterocycles. The number of aromatic nitrogens is 3. The number of phenolic OH excluding ortho intramolecular Hbond substituents is 1. The minimum atomic E-state index is -0.121. The summed E-state index contributed by atoms with van der Waals surface area (Å²) in [5.74, 6) is 0.331. The Morgan fingerprint density at radius 2 is 2.04 bits per heavy atom. The van der Waals surface area contributed by atoms with Crippen LogP contribution in [0.15, 0.2) is 35.1 Å². The van der Waals surface area contributed by atoms with Crippen molar-refractivity contribution < 1.29 is 10.0 Å². The molecule has 0 atom stereocenters. The molecule has 1 aliphatic heterocycles. The zero-order valence-corrected chi connectivity index (χ0v) is 14.8. The molecule has 4 rings (SSSR count). The first-order chi connectivity index (χ1) is 12.1. The quantitative estimate of drug-likeness (QED) is 0.693. The lowest BCUT2D eigenvalue weighted by Gasteiger charge is -2.33. The second kappa shape index (κ2) is 6.45. The summed E-state index contributed by atoms with van der Waals surface area (Å²) in [6.45, 7) is 6.31. The molecular weight excluding hydrogens is 338 g/mol. The predicted molar refractivity (Wildman–Crippen MR) is 96.6 cm³/mol. The number of aromatic hydroxyl groups is 1. The number of anilines is 1. The van der Waals surface area contributed by atoms with Crippen molar-refractivity contribution in [2.45, 2.75) is 13.5 Å². The fourth-order valence-corrected chi connectivity index (χ4v) is 4.23. The Bertz CT molecular complexity index is 959. The van der Waals surface area contributed by atoms with Crippen LogP contribution in [0.2, 0.25) is 0 Å². The third-order valence-corrected chi connectivity index (χ3v) is 5.42. The lowest BCUT2D eigenvalue weighted by molar-refractivity contribution is -0.914. The highest BCUT2D eigenvalue weighted by Gasteiger charge is 2.23. The van der Waals surface area contributed by atoms with Crippen LogP contribution in [-0.2, 0) is 6.54 Å². The van der Waals surface area contributed by atoms with E-state index in [4.69, 9.17) is 0 Å². The molecule has 8 heteroatoms. The van der Waals surface area contributed by atoms with Crippen LogP contribution in [0.1, 0.15) is 10.7 Å². The van der Waals surface area contributed by atoms with Gasteiger partial charge >= 0.3 is 0 Å². The number of piperazine rings is 1. The number of rotatable bonds is 3. The molecule has 1 fully saturated rings. The smallest absolute Gasteiger partial charge is 0.275 e. The third-order valence-electron chi connectivity index (χ3n) is 4.51. The highest BCUT2D eigenvalue weighted by atomic mass is 32.1. The van der Waals surface area contributed by atoms with E-state index < -0.39 is 0 Å². The molecule has 130 valence electrons. The van der Waals surface area contributed by atoms with Gasteiger partial charge in [-0.25, -0.2) is 4.98 Å². The van der Waals surface area contributed by atoms with Crippen molar-refractivity contribution in [1.29, 1.82) is 0 Å². The number of hydrogen-bond acceptors (Lipinski definition) is 6. The fourth-order valence-electron chi connectivity index (χ4n) is 3.22. The Morgan fingerprint density at radius 3 is 2.80 bits per heavy atom. The summed E-state index contributed by atoms with van der Waals surface area (Å²) in [7, 11) is 0. The van der Waals surface area contributed by atoms with Crippen molar-refractivity contribution in [2.75, 3.05) is 31.1 Å². The fraction of sp³-hybridized carbons (Fsp3) is 0.353. The summed E-state index contributed by atoms with van der Waals surface area (Å²) >= 11 is 1.49. The topological polar surface area (TPSA) is 75.2 Å². The van der Waals surface area contributed by atoms with E-state index in [0.717, 1.165) is 49.1 Å². The van der Waals surface area contributed by atoms with Gasteiger partial charge in [-0.3, -0.25) is 4.79 Å². The van der Waals surface area contributed by atoms with Gasteiger partial charge in [0.05, 0.1) is 31.9 Å². The SMILES string of the molecule is Cc1cc(=O)n2nc(C[NH+]3CCN(c4ccccc4O)CC3)sc2n1. The Balaban J connectivity index is 1.44. The van der Waals surface area contributed by atoms with Crippen LogP contribution in [0, 0.1) is 6.92 Å². The van der Waals surface area contributed by atoms with Gasteiger partial charge in [-0.15, -0.1) is 0 Å². The molecule has 7 nitrogen and oxygen atoms in total. The molecule has 1 aliphatic rings. The number of aryl methyl sites for hydroxylation is 1. The Morgan fingerprint density at radius 1 is 1.28 bits per heavy atom. The Labute approximate surface area is 148 Å². The largest absolute Gasteiger partial charge is 0.506 e. The molecule has 2 aromatic heterocycles. The molecule has 3 heterocycles. The molecule has 0 radical (unpaired) electrons. The Kier molecular flexibility index (Phi) is 4.14. The normalized spacial score (nSPS) is 15.8. The second-order valence-electron chi connectivity index (χ2n) is 6.33. The molecular formula is C17H20N5O2S+. The van der Waals surface area contributed by atoms with Crippen LogP contribution >= 0.6 is 11.3 Å². The minimum absolute atomic E-state index is 0.121. The molecule has 0 saturated carbocycles. The maximum atomic E-state index is 12.0. The summed E-state index contributed by atoms with van der Waals surface area (Å²) in [6, 6.07) is 8.97. The molecule has 0 amide bonds. The van der Waals surface area contributed by atoms with E-state index in [1.54, 1.807) is 6.07 Å². The van der Waals surface area contributed by atoms with Crippen molar-refractivity contribution in [3.05, 3.63) is 51.4 Å². The van der Waals surface area contributed by atoms with Gasteiger partial charge in [0.1, 0.15) is 12.3 Å². The zero-order chi connectivity index (χ0) is 17.4. The van der Waals surface area contributed by atoms with Gasteiger partial charge in [0.2, 0.25) is 4.96 Å². The van der Waals surface area contributed by atoms with Gasteiger partial charge in [-0.05, 0) is 19.1 Å². The highest BCUT2D eigenvalue weighted by molar-refractivity contribution is 7.16. The number of para-hydroxylation sites is 2. The van der Waals surface area contributed by atoms with Gasteiger partial charge in [-0.1, -0.05) is 23.5 Å². The molecule has 0 spiro atoms. The lowest BCUT2D eigenvalue weighted by Crippen LogP contribution is -3.13. The van der Waals surface area contributed by atoms with E-state index in [2.05, 4.69) is 15.0 Å². The Hall–Kier alpha value is -2.45. The maximum Gasteiger partial charge on any atom is 0.275 e. The zero-order valence-electron chi connectivity index (χ0n) is 14.0. The molecule has 2 N–H and O–H groups in total. The van der Waals surface area contributed by atoms with Crippen LogP contribution in [0.3, 0.4) is 0 Å². The van der Waals surface area contributed by atoms with E-state index in [-0.39, 0.29) is 5.56 Å². The number of fused-ring (bicyclic) bond motifs is 1. The van der Waals surface area contributed by atoms with Gasteiger partial charge < -0.3 is 14.9 Å². The second-order valence-corrected chi connectivity index (χ2v) is 7.37. The monoisotopic (exact) mass is 358 g/mol. The minimum Gasteiger partial charge on any atom is -0.506 e. The number of nitrogens with one attached hydrogen (secondary N) is 1. The summed E-state index contributed by atoms with van der Waals surface area (Å²) < 4.78 is 1.39. The van der Waals surface area contributed by atoms with Crippen molar-refractivity contribution in [2.24, 2.45) is 0 Å². The highest BCUT2D eigenvalue weighted by Crippen LogP contribution is 2.26. The van der Waals surface area contributed by atoms with E-state index in [0.29, 0.717) is 10.7 Å². The van der Waals surface area contributed by atoms with Gasteiger partial charge in [0, 0.05) is 11.8 Å². The maximum absolute atomic E-state index is 12.0. The first-order valence-electron chi connectivity index (χ1n) is 8.33. The molecule has 1 aromatic carbocycles. The first-order valence-corrected chi connectivity index (χ1v) is 9.15. The van der Waals surface area contributed by atoms with Crippen LogP contribution in [0.5, 0.6) is 5.75 Å². The lowest BCUT2D eigenvalue weighted by atomic mass is 10.2. The van der Waals surface area contributed by atoms with E-state index in [1.165, 1.54) is 26.8 Å². The number of hydrogen-bond donors (Lipinski definition) is 2. The summed E-state index contributed by atoms with van der Waals surface area (Å²) in [5.41, 5.74) is 1.50. The van der Waals surface area contributed by atoms with E-state index in [9.17, 15) is 9.90 Å². The van der Waals surface area contributed by atoms with Gasteiger partial charge in [-0.2, -0.15) is 9.61 Å². The molecule has 25 heavy (non-hydrogen) atoms. The van der Waals surface area contributed by atoms with E-state index >= 15 is 0 Å². The molecule has 3 aromatic rings. The van der Waals surface area contributed by atoms with Gasteiger partial charge in [0.15, 0.2) is 5.01 Å². The van der Waals surface area contributed by atoms with Crippen LogP contribution in [-0.4, -0.2) is 45.9 Å². The summed E-state index contributed by atoms with van der Waals surface area (Å²) in [5, 5.41) is 15.4. The number of nitrogens with zero attached hydrogens (tertiary/aromatic N) is 4. The van der Waals surface area contributed by atoms with E-state index in [1.807, 2.05) is 25.1 Å². The predicted octanol–water partition coefficient (Wildman–Crippen LogP) is 0.0701. The first kappa shape index (κ1) is 16.0. The van der Waals surface area contributed by atoms with Crippen molar-refractivity contribution >= 4 is 22.0 Å². The van der Waals surface area contributed by atoms with Crippen molar-refractivity contribution in [3.63, 3.8) is 0 Å². The number of benzene rings is 1. The van der Waals surface area contributed by atoms with Crippen LogP contribution in [0.4, 0.5) is 5.69 Å². The summed E-state index contributed by atoms with van der Waals surface area (Å²) in [6.07, 6.45) is 0. The van der Waals surface area contributed by atoms with Crippen molar-refractivity contribution in [1.82, 2.24) is 14.6 Å². The van der Waals surface area contributed by atoms with Crippen molar-refractivity contribution in [3.8, 4) is 5.75 Å². The molecule has 0 unspecified atom stereocenters. The van der Waals surface area contributed by atoms with Gasteiger partial charge in [0.25, 0.3) is 5.56 Å². The van der Waals surface area contributed by atoms with Crippen LogP contribution in [0.25, 0.3) is 4.96 Å². The molecule has 0 aliphatic carbocycles.